The van der Waals surface area contributed by atoms with Crippen LogP contribution in [0.5, 0.6) is 0 Å². The first-order valence-electron chi connectivity index (χ1n) is 8.14. The Morgan fingerprint density at radius 2 is 2.04 bits per heavy atom. The summed E-state index contributed by atoms with van der Waals surface area (Å²) in [5, 5.41) is 5.87. The van der Waals surface area contributed by atoms with Crippen LogP contribution < -0.4 is 5.32 Å². The summed E-state index contributed by atoms with van der Waals surface area (Å²) in [4.78, 5) is 18.8. The van der Waals surface area contributed by atoms with Crippen molar-refractivity contribution in [1.29, 1.82) is 0 Å². The molecule has 0 aliphatic rings. The highest BCUT2D eigenvalue weighted by Gasteiger charge is 2.17. The van der Waals surface area contributed by atoms with Crippen molar-refractivity contribution in [3.8, 4) is 0 Å². The third-order valence-electron chi connectivity index (χ3n) is 3.93. The maximum atomic E-state index is 12.5. The van der Waals surface area contributed by atoms with Crippen molar-refractivity contribution in [2.75, 3.05) is 18.4 Å². The molecule has 0 unspecified atom stereocenters. The van der Waals surface area contributed by atoms with Gasteiger partial charge in [0.2, 0.25) is 0 Å². The molecule has 1 aromatic heterocycles. The zero-order chi connectivity index (χ0) is 16.8. The van der Waals surface area contributed by atoms with Gasteiger partial charge < -0.3 is 10.2 Å². The molecule has 2 aromatic rings. The lowest BCUT2D eigenvalue weighted by molar-refractivity contribution is 0.0757. The van der Waals surface area contributed by atoms with Gasteiger partial charge >= 0.3 is 0 Å². The molecule has 1 amide bonds. The number of aromatic nitrogens is 1. The fourth-order valence-corrected chi connectivity index (χ4v) is 2.99. The molecule has 0 spiro atoms. The number of thiazole rings is 1. The Balaban J connectivity index is 2.07. The number of aryl methyl sites for hydroxylation is 2. The number of carbonyl (C=O) groups is 1. The first kappa shape index (κ1) is 17.5. The van der Waals surface area contributed by atoms with E-state index >= 15 is 0 Å². The van der Waals surface area contributed by atoms with E-state index < -0.39 is 0 Å². The fourth-order valence-electron chi connectivity index (χ4n) is 2.29. The largest absolute Gasteiger partial charge is 0.338 e. The van der Waals surface area contributed by atoms with Gasteiger partial charge in [0, 0.05) is 24.2 Å². The number of benzene rings is 1. The van der Waals surface area contributed by atoms with Crippen LogP contribution in [-0.4, -0.2) is 28.9 Å². The molecule has 0 radical (unpaired) electrons. The van der Waals surface area contributed by atoms with Gasteiger partial charge in [0.1, 0.15) is 5.69 Å². The second kappa shape index (κ2) is 8.11. The third kappa shape index (κ3) is 4.55. The van der Waals surface area contributed by atoms with Gasteiger partial charge in [-0.1, -0.05) is 19.4 Å². The average molecular weight is 331 g/mol. The second-order valence-electron chi connectivity index (χ2n) is 5.70. The number of hydrogen-bond acceptors (Lipinski definition) is 4. The van der Waals surface area contributed by atoms with Crippen LogP contribution in [0.2, 0.25) is 0 Å². The maximum absolute atomic E-state index is 12.5. The van der Waals surface area contributed by atoms with Crippen LogP contribution in [0.1, 0.15) is 48.3 Å². The van der Waals surface area contributed by atoms with Crippen LogP contribution in [-0.2, 0) is 0 Å². The molecule has 1 aromatic carbocycles. The summed E-state index contributed by atoms with van der Waals surface area (Å²) >= 11 is 1.46. The molecule has 0 saturated heterocycles. The lowest BCUT2D eigenvalue weighted by Gasteiger charge is -2.19. The molecule has 0 saturated carbocycles. The highest BCUT2D eigenvalue weighted by atomic mass is 32.1. The molecule has 1 N–H and O–H groups in total. The number of anilines is 2. The smallest absolute Gasteiger partial charge is 0.273 e. The van der Waals surface area contributed by atoms with Gasteiger partial charge in [0.05, 0.1) is 0 Å². The van der Waals surface area contributed by atoms with E-state index in [2.05, 4.69) is 43.2 Å². The minimum absolute atomic E-state index is 0.0188. The van der Waals surface area contributed by atoms with Gasteiger partial charge in [-0.05, 0) is 50.5 Å². The van der Waals surface area contributed by atoms with Crippen molar-refractivity contribution in [1.82, 2.24) is 9.88 Å². The fraction of sp³-hybridized carbons (Fsp3) is 0.444. The number of unbranched alkanes of at least 4 members (excludes halogenated alkanes) is 1. The predicted octanol–water partition coefficient (Wildman–Crippen LogP) is 4.77. The molecule has 1 heterocycles. The lowest BCUT2D eigenvalue weighted by Crippen LogP contribution is -2.31. The minimum Gasteiger partial charge on any atom is -0.338 e. The molecule has 23 heavy (non-hydrogen) atoms. The summed E-state index contributed by atoms with van der Waals surface area (Å²) in [6.07, 6.45) is 2.11. The summed E-state index contributed by atoms with van der Waals surface area (Å²) in [7, 11) is 0. The number of carbonyl (C=O) groups excluding carboxylic acids is 1. The van der Waals surface area contributed by atoms with E-state index in [9.17, 15) is 4.79 Å². The number of amides is 1. The van der Waals surface area contributed by atoms with Crippen LogP contribution in [0, 0.1) is 13.8 Å². The second-order valence-corrected chi connectivity index (χ2v) is 6.56. The molecular formula is C18H25N3OS. The lowest BCUT2D eigenvalue weighted by atomic mass is 10.1. The van der Waals surface area contributed by atoms with Gasteiger partial charge in [0.25, 0.3) is 5.91 Å². The van der Waals surface area contributed by atoms with Gasteiger partial charge in [-0.25, -0.2) is 4.98 Å². The third-order valence-corrected chi connectivity index (χ3v) is 4.69. The Hall–Kier alpha value is -1.88. The maximum Gasteiger partial charge on any atom is 0.273 e. The summed E-state index contributed by atoms with van der Waals surface area (Å²) in [5.74, 6) is 0.0188. The van der Waals surface area contributed by atoms with E-state index in [4.69, 9.17) is 0 Å². The molecule has 0 aliphatic heterocycles. The highest BCUT2D eigenvalue weighted by Crippen LogP contribution is 2.23. The summed E-state index contributed by atoms with van der Waals surface area (Å²) < 4.78 is 0. The first-order chi connectivity index (χ1) is 11.0. The Labute approximate surface area is 142 Å². The minimum atomic E-state index is 0.0188. The predicted molar refractivity (Wildman–Crippen MR) is 97.8 cm³/mol. The first-order valence-corrected chi connectivity index (χ1v) is 9.02. The van der Waals surface area contributed by atoms with Gasteiger partial charge in [-0.15, -0.1) is 11.3 Å². The van der Waals surface area contributed by atoms with E-state index in [1.807, 2.05) is 23.3 Å². The molecule has 2 rings (SSSR count). The summed E-state index contributed by atoms with van der Waals surface area (Å²) in [6, 6.07) is 6.21. The van der Waals surface area contributed by atoms with Gasteiger partial charge in [-0.2, -0.15) is 0 Å². The summed E-state index contributed by atoms with van der Waals surface area (Å²) in [5.41, 5.74) is 4.03. The van der Waals surface area contributed by atoms with Gasteiger partial charge in [-0.3, -0.25) is 4.79 Å². The Kier molecular flexibility index (Phi) is 6.16. The molecule has 0 bridgehead atoms. The van der Waals surface area contributed by atoms with E-state index in [1.165, 1.54) is 22.5 Å². The topological polar surface area (TPSA) is 45.2 Å². The highest BCUT2D eigenvalue weighted by molar-refractivity contribution is 7.14. The van der Waals surface area contributed by atoms with Crippen LogP contribution in [0.3, 0.4) is 0 Å². The van der Waals surface area contributed by atoms with E-state index in [1.54, 1.807) is 0 Å². The number of nitrogens with one attached hydrogen (secondary N) is 1. The van der Waals surface area contributed by atoms with E-state index in [0.29, 0.717) is 5.69 Å². The number of rotatable bonds is 7. The van der Waals surface area contributed by atoms with Crippen molar-refractivity contribution >= 4 is 28.1 Å². The Bertz CT molecular complexity index is 666. The van der Waals surface area contributed by atoms with Crippen LogP contribution in [0.4, 0.5) is 10.8 Å². The zero-order valence-corrected chi connectivity index (χ0v) is 15.2. The van der Waals surface area contributed by atoms with Crippen LogP contribution in [0.25, 0.3) is 0 Å². The Morgan fingerprint density at radius 1 is 1.26 bits per heavy atom. The quantitative estimate of drug-likeness (QED) is 0.795. The van der Waals surface area contributed by atoms with Crippen LogP contribution in [0.15, 0.2) is 23.6 Å². The van der Waals surface area contributed by atoms with Crippen molar-refractivity contribution in [2.24, 2.45) is 0 Å². The van der Waals surface area contributed by atoms with Gasteiger partial charge in [0.15, 0.2) is 5.13 Å². The molecular weight excluding hydrogens is 306 g/mol. The van der Waals surface area contributed by atoms with Crippen molar-refractivity contribution in [3.05, 3.63) is 40.4 Å². The van der Waals surface area contributed by atoms with Crippen molar-refractivity contribution in [3.63, 3.8) is 0 Å². The SMILES string of the molecule is CCCCN(CC)C(=O)c1csc(Nc2ccc(C)c(C)c2)n1. The van der Waals surface area contributed by atoms with E-state index in [-0.39, 0.29) is 5.91 Å². The van der Waals surface area contributed by atoms with E-state index in [0.717, 1.165) is 36.8 Å². The Morgan fingerprint density at radius 3 is 2.70 bits per heavy atom. The molecule has 4 nitrogen and oxygen atoms in total. The monoisotopic (exact) mass is 331 g/mol. The van der Waals surface area contributed by atoms with Crippen LogP contribution >= 0.6 is 11.3 Å². The van der Waals surface area contributed by atoms with Crippen molar-refractivity contribution in [2.45, 2.75) is 40.5 Å². The number of hydrogen-bond donors (Lipinski definition) is 1. The zero-order valence-electron chi connectivity index (χ0n) is 14.3. The molecule has 0 fully saturated rings. The average Bonchev–Trinajstić information content (AvgIpc) is 3.00. The number of nitrogens with zero attached hydrogens (tertiary/aromatic N) is 2. The standard InChI is InChI=1S/C18H25N3OS/c1-5-7-10-21(6-2)17(22)16-12-23-18(20-16)19-15-9-8-13(3)14(4)11-15/h8-9,11-12H,5-7,10H2,1-4H3,(H,19,20). The molecule has 0 aliphatic carbocycles. The molecule has 5 heteroatoms. The van der Waals surface area contributed by atoms with Crippen molar-refractivity contribution < 1.29 is 4.79 Å². The molecule has 124 valence electrons. The molecule has 0 atom stereocenters. The normalized spacial score (nSPS) is 10.6. The summed E-state index contributed by atoms with van der Waals surface area (Å²) in [6.45, 7) is 9.83.